The topological polar surface area (TPSA) is 52.6 Å². The number of nitrogens with zero attached hydrogens (tertiary/aromatic N) is 5. The Labute approximate surface area is 157 Å². The van der Waals surface area contributed by atoms with Crippen LogP contribution in [-0.4, -0.2) is 71.0 Å². The highest BCUT2D eigenvalue weighted by Crippen LogP contribution is 2.23. The molecule has 3 heterocycles. The van der Waals surface area contributed by atoms with Crippen LogP contribution in [0.4, 0.5) is 5.82 Å². The summed E-state index contributed by atoms with van der Waals surface area (Å²) in [6.45, 7) is 12.2. The molecule has 2 aliphatic rings. The molecule has 0 aliphatic carbocycles. The van der Waals surface area contributed by atoms with E-state index in [2.05, 4.69) is 31.6 Å². The van der Waals surface area contributed by atoms with Gasteiger partial charge in [0.2, 0.25) is 5.91 Å². The maximum atomic E-state index is 12.2. The first kappa shape index (κ1) is 19.1. The fourth-order valence-electron chi connectivity index (χ4n) is 4.20. The Bertz CT molecular complexity index is 590. The molecule has 1 aromatic rings. The number of hydrogen-bond donors (Lipinski definition) is 0. The van der Waals surface area contributed by atoms with Crippen LogP contribution in [-0.2, 0) is 11.2 Å². The third kappa shape index (κ3) is 4.34. The highest BCUT2D eigenvalue weighted by Gasteiger charge is 2.30. The van der Waals surface area contributed by atoms with E-state index in [0.29, 0.717) is 11.9 Å². The van der Waals surface area contributed by atoms with Gasteiger partial charge >= 0.3 is 0 Å². The number of carbonyl (C=O) groups is 1. The number of piperazine rings is 1. The summed E-state index contributed by atoms with van der Waals surface area (Å²) >= 11 is 0. The van der Waals surface area contributed by atoms with Crippen molar-refractivity contribution in [2.75, 3.05) is 44.2 Å². The van der Waals surface area contributed by atoms with Crippen molar-refractivity contribution in [1.82, 2.24) is 19.8 Å². The highest BCUT2D eigenvalue weighted by molar-refractivity contribution is 5.78. The molecule has 2 aliphatic heterocycles. The monoisotopic (exact) mass is 359 g/mol. The fourth-order valence-corrected chi connectivity index (χ4v) is 4.20. The zero-order valence-corrected chi connectivity index (χ0v) is 16.5. The Morgan fingerprint density at radius 3 is 2.46 bits per heavy atom. The third-order valence-electron chi connectivity index (χ3n) is 5.68. The molecule has 0 atom stereocenters. The van der Waals surface area contributed by atoms with Gasteiger partial charge in [-0.15, -0.1) is 0 Å². The summed E-state index contributed by atoms with van der Waals surface area (Å²) < 4.78 is 0. The minimum Gasteiger partial charge on any atom is -0.354 e. The van der Waals surface area contributed by atoms with Gasteiger partial charge in [-0.25, -0.2) is 9.97 Å². The summed E-state index contributed by atoms with van der Waals surface area (Å²) in [5, 5.41) is 0. The molecule has 0 spiro atoms. The van der Waals surface area contributed by atoms with E-state index in [-0.39, 0.29) is 5.92 Å². The molecule has 1 aromatic heterocycles. The van der Waals surface area contributed by atoms with Crippen molar-refractivity contribution >= 4 is 11.7 Å². The fraction of sp³-hybridized carbons (Fsp3) is 0.750. The van der Waals surface area contributed by atoms with Gasteiger partial charge in [-0.3, -0.25) is 9.69 Å². The number of aromatic nitrogens is 2. The van der Waals surface area contributed by atoms with Crippen molar-refractivity contribution in [2.24, 2.45) is 5.92 Å². The third-order valence-corrected chi connectivity index (χ3v) is 5.68. The molecular weight excluding hydrogens is 326 g/mol. The van der Waals surface area contributed by atoms with Gasteiger partial charge in [0, 0.05) is 63.0 Å². The molecule has 6 nitrogen and oxygen atoms in total. The minimum atomic E-state index is 0.111. The molecule has 6 heteroatoms. The molecule has 1 amide bonds. The summed E-state index contributed by atoms with van der Waals surface area (Å²) in [5.74, 6) is 1.54. The first-order valence-electron chi connectivity index (χ1n) is 10.2. The van der Waals surface area contributed by atoms with Crippen LogP contribution in [0.1, 0.15) is 45.6 Å². The Kier molecular flexibility index (Phi) is 6.46. The number of anilines is 1. The molecule has 0 N–H and O–H groups in total. The molecule has 2 saturated heterocycles. The molecule has 3 rings (SSSR count). The van der Waals surface area contributed by atoms with E-state index in [0.717, 1.165) is 70.8 Å². The predicted molar refractivity (Wildman–Crippen MR) is 104 cm³/mol. The van der Waals surface area contributed by atoms with Crippen molar-refractivity contribution in [3.63, 3.8) is 0 Å². The van der Waals surface area contributed by atoms with Gasteiger partial charge in [0.1, 0.15) is 12.1 Å². The number of rotatable bonds is 5. The molecule has 0 saturated carbocycles. The van der Waals surface area contributed by atoms with Gasteiger partial charge < -0.3 is 9.80 Å². The lowest BCUT2D eigenvalue weighted by Crippen LogP contribution is -2.54. The Morgan fingerprint density at radius 1 is 1.15 bits per heavy atom. The smallest absolute Gasteiger partial charge is 0.225 e. The SMILES string of the molecule is CCCc1cncnc1N1CCN(C2CCN(C(=O)C(C)C)CC2)CC1. The van der Waals surface area contributed by atoms with Crippen LogP contribution in [0.3, 0.4) is 0 Å². The quantitative estimate of drug-likeness (QED) is 0.807. The molecular formula is C20H33N5O. The van der Waals surface area contributed by atoms with Crippen molar-refractivity contribution in [2.45, 2.75) is 52.5 Å². The van der Waals surface area contributed by atoms with Crippen molar-refractivity contribution in [3.05, 3.63) is 18.1 Å². The van der Waals surface area contributed by atoms with Gasteiger partial charge in [-0.1, -0.05) is 27.2 Å². The lowest BCUT2D eigenvalue weighted by molar-refractivity contribution is -0.136. The lowest BCUT2D eigenvalue weighted by Gasteiger charge is -2.43. The molecule has 144 valence electrons. The summed E-state index contributed by atoms with van der Waals surface area (Å²) in [6, 6.07) is 0.619. The van der Waals surface area contributed by atoms with E-state index in [1.807, 2.05) is 20.0 Å². The minimum absolute atomic E-state index is 0.111. The van der Waals surface area contributed by atoms with Crippen LogP contribution in [0.5, 0.6) is 0 Å². The Hall–Kier alpha value is -1.69. The number of piperidine rings is 1. The average molecular weight is 360 g/mol. The zero-order chi connectivity index (χ0) is 18.5. The second-order valence-corrected chi connectivity index (χ2v) is 7.86. The van der Waals surface area contributed by atoms with Crippen LogP contribution in [0.25, 0.3) is 0 Å². The molecule has 0 bridgehead atoms. The highest BCUT2D eigenvalue weighted by atomic mass is 16.2. The second kappa shape index (κ2) is 8.80. The van der Waals surface area contributed by atoms with Gasteiger partial charge in [-0.05, 0) is 19.3 Å². The number of carbonyl (C=O) groups excluding carboxylic acids is 1. The van der Waals surface area contributed by atoms with Crippen LogP contribution in [0, 0.1) is 5.92 Å². The van der Waals surface area contributed by atoms with E-state index in [1.54, 1.807) is 6.33 Å². The van der Waals surface area contributed by atoms with Crippen LogP contribution < -0.4 is 4.90 Å². The van der Waals surface area contributed by atoms with Crippen molar-refractivity contribution in [3.8, 4) is 0 Å². The first-order chi connectivity index (χ1) is 12.6. The first-order valence-corrected chi connectivity index (χ1v) is 10.2. The summed E-state index contributed by atoms with van der Waals surface area (Å²) in [5.41, 5.74) is 1.27. The van der Waals surface area contributed by atoms with Gasteiger partial charge in [-0.2, -0.15) is 0 Å². The second-order valence-electron chi connectivity index (χ2n) is 7.86. The normalized spacial score (nSPS) is 20.0. The van der Waals surface area contributed by atoms with Crippen molar-refractivity contribution in [1.29, 1.82) is 0 Å². The molecule has 0 radical (unpaired) electrons. The molecule has 2 fully saturated rings. The number of aryl methyl sites for hydroxylation is 1. The predicted octanol–water partition coefficient (Wildman–Crippen LogP) is 2.20. The van der Waals surface area contributed by atoms with Crippen LogP contribution in [0.15, 0.2) is 12.5 Å². The Morgan fingerprint density at radius 2 is 1.85 bits per heavy atom. The van der Waals surface area contributed by atoms with E-state index in [9.17, 15) is 4.79 Å². The Balaban J connectivity index is 1.51. The van der Waals surface area contributed by atoms with E-state index >= 15 is 0 Å². The lowest BCUT2D eigenvalue weighted by atomic mass is 10.0. The average Bonchev–Trinajstić information content (AvgIpc) is 2.68. The summed E-state index contributed by atoms with van der Waals surface area (Å²) in [6.07, 6.45) is 8.01. The summed E-state index contributed by atoms with van der Waals surface area (Å²) in [4.78, 5) is 28.0. The van der Waals surface area contributed by atoms with Gasteiger partial charge in [0.15, 0.2) is 0 Å². The summed E-state index contributed by atoms with van der Waals surface area (Å²) in [7, 11) is 0. The maximum Gasteiger partial charge on any atom is 0.225 e. The van der Waals surface area contributed by atoms with E-state index in [4.69, 9.17) is 0 Å². The standard InChI is InChI=1S/C20H33N5O/c1-4-5-17-14-21-15-22-19(17)24-12-10-23(11-13-24)18-6-8-25(9-7-18)20(26)16(2)3/h14-16,18H,4-13H2,1-3H3. The molecule has 0 aromatic carbocycles. The van der Waals surface area contributed by atoms with E-state index in [1.165, 1.54) is 5.56 Å². The molecule has 26 heavy (non-hydrogen) atoms. The largest absolute Gasteiger partial charge is 0.354 e. The number of amides is 1. The van der Waals surface area contributed by atoms with Gasteiger partial charge in [0.25, 0.3) is 0 Å². The molecule has 0 unspecified atom stereocenters. The van der Waals surface area contributed by atoms with Gasteiger partial charge in [0.05, 0.1) is 0 Å². The van der Waals surface area contributed by atoms with E-state index < -0.39 is 0 Å². The maximum absolute atomic E-state index is 12.2. The number of likely N-dealkylation sites (tertiary alicyclic amines) is 1. The zero-order valence-electron chi connectivity index (χ0n) is 16.5. The van der Waals surface area contributed by atoms with Crippen LogP contribution >= 0.6 is 0 Å². The van der Waals surface area contributed by atoms with Crippen LogP contribution in [0.2, 0.25) is 0 Å². The van der Waals surface area contributed by atoms with Crippen molar-refractivity contribution < 1.29 is 4.79 Å². The number of hydrogen-bond acceptors (Lipinski definition) is 5.